The summed E-state index contributed by atoms with van der Waals surface area (Å²) in [5.74, 6) is 1.43. The Morgan fingerprint density at radius 2 is 1.53 bits per heavy atom. The van der Waals surface area contributed by atoms with Crippen molar-refractivity contribution in [3.05, 3.63) is 35.6 Å². The molecule has 1 saturated carbocycles. The van der Waals surface area contributed by atoms with Gasteiger partial charge in [-0.2, -0.15) is 0 Å². The fourth-order valence-corrected chi connectivity index (χ4v) is 2.33. The zero-order valence-corrected chi connectivity index (χ0v) is 9.08. The van der Waals surface area contributed by atoms with E-state index in [1.165, 1.54) is 31.2 Å². The summed E-state index contributed by atoms with van der Waals surface area (Å²) in [7, 11) is 0. The van der Waals surface area contributed by atoms with E-state index in [-0.39, 0.29) is 10.5 Å². The third kappa shape index (κ3) is 3.01. The Bertz CT molecular complexity index is 284. The van der Waals surface area contributed by atoms with Crippen LogP contribution >= 0.6 is 0 Å². The van der Waals surface area contributed by atoms with Crippen molar-refractivity contribution >= 4 is 0 Å². The van der Waals surface area contributed by atoms with Gasteiger partial charge in [-0.1, -0.05) is 31.9 Å². The molecule has 0 saturated heterocycles. The molecule has 0 aliphatic heterocycles. The van der Waals surface area contributed by atoms with Crippen LogP contribution in [0.2, 0.25) is 0 Å². The molecule has 0 heterocycles. The van der Waals surface area contributed by atoms with Crippen LogP contribution in [-0.4, -0.2) is 0 Å². The van der Waals surface area contributed by atoms with E-state index in [0.717, 1.165) is 5.92 Å². The molecule has 0 bridgehead atoms. The van der Waals surface area contributed by atoms with Crippen LogP contribution in [0.25, 0.3) is 0 Å². The zero-order chi connectivity index (χ0) is 9.97. The largest absolute Gasteiger partial charge is 0.269 e. The van der Waals surface area contributed by atoms with Crippen molar-refractivity contribution in [1.29, 1.82) is 0 Å². The normalized spacial score (nSPS) is 25.7. The summed E-state index contributed by atoms with van der Waals surface area (Å²) in [4.78, 5) is 0. The van der Waals surface area contributed by atoms with Crippen LogP contribution in [0.3, 0.4) is 0 Å². The molecule has 0 atom stereocenters. The summed E-state index contributed by atoms with van der Waals surface area (Å²) >= 11 is 0. The molecule has 0 unspecified atom stereocenters. The minimum absolute atomic E-state index is 0. The highest BCUT2D eigenvalue weighted by molar-refractivity contribution is 5.20. The third-order valence-corrected chi connectivity index (χ3v) is 3.36. The van der Waals surface area contributed by atoms with E-state index in [1.54, 1.807) is 12.1 Å². The Balaban J connectivity index is 0.00000112. The van der Waals surface area contributed by atoms with E-state index in [0.29, 0.717) is 5.92 Å². The Morgan fingerprint density at radius 3 is 2.07 bits per heavy atom. The van der Waals surface area contributed by atoms with Crippen molar-refractivity contribution in [2.45, 2.75) is 38.5 Å². The summed E-state index contributed by atoms with van der Waals surface area (Å²) in [5.41, 5.74) is 1.32. The second-order valence-electron chi connectivity index (χ2n) is 4.51. The molecule has 1 aromatic rings. The predicted octanol–water partition coefficient (Wildman–Crippen LogP) is 4.27. The molecule has 1 aliphatic carbocycles. The molecule has 0 radical (unpaired) electrons. The Morgan fingerprint density at radius 1 is 1.00 bits per heavy atom. The van der Waals surface area contributed by atoms with E-state index in [1.807, 2.05) is 12.1 Å². The SMILES string of the molecule is CC1CCC(c2ccc(F)cc2)CC1.F. The summed E-state index contributed by atoms with van der Waals surface area (Å²) in [6.07, 6.45) is 5.18. The van der Waals surface area contributed by atoms with Crippen molar-refractivity contribution in [2.75, 3.05) is 0 Å². The van der Waals surface area contributed by atoms with Crippen LogP contribution < -0.4 is 0 Å². The van der Waals surface area contributed by atoms with Crippen molar-refractivity contribution in [3.8, 4) is 0 Å². The van der Waals surface area contributed by atoms with E-state index in [9.17, 15) is 4.39 Å². The molecule has 0 N–H and O–H groups in total. The molecule has 1 aromatic carbocycles. The first-order chi connectivity index (χ1) is 6.75. The molecule has 2 rings (SSSR count). The van der Waals surface area contributed by atoms with Gasteiger partial charge in [0.15, 0.2) is 0 Å². The lowest BCUT2D eigenvalue weighted by Gasteiger charge is -2.26. The van der Waals surface area contributed by atoms with E-state index in [2.05, 4.69) is 6.92 Å². The van der Waals surface area contributed by atoms with Gasteiger partial charge < -0.3 is 0 Å². The highest BCUT2D eigenvalue weighted by Gasteiger charge is 2.19. The minimum atomic E-state index is -0.127. The first-order valence-corrected chi connectivity index (χ1v) is 5.51. The van der Waals surface area contributed by atoms with Gasteiger partial charge in [-0.05, 0) is 42.4 Å². The molecular formula is C13H18F2. The zero-order valence-electron chi connectivity index (χ0n) is 9.08. The van der Waals surface area contributed by atoms with E-state index < -0.39 is 0 Å². The fraction of sp³-hybridized carbons (Fsp3) is 0.538. The summed E-state index contributed by atoms with van der Waals surface area (Å²) < 4.78 is 12.7. The van der Waals surface area contributed by atoms with Gasteiger partial charge in [0, 0.05) is 0 Å². The lowest BCUT2D eigenvalue weighted by molar-refractivity contribution is 0.348. The maximum Gasteiger partial charge on any atom is 0.123 e. The second-order valence-corrected chi connectivity index (χ2v) is 4.51. The van der Waals surface area contributed by atoms with Gasteiger partial charge in [-0.15, -0.1) is 0 Å². The van der Waals surface area contributed by atoms with Crippen molar-refractivity contribution in [3.63, 3.8) is 0 Å². The molecular weight excluding hydrogens is 194 g/mol. The Kier molecular flexibility index (Phi) is 4.25. The fourth-order valence-electron chi connectivity index (χ4n) is 2.33. The van der Waals surface area contributed by atoms with Crippen molar-refractivity contribution in [2.24, 2.45) is 5.92 Å². The van der Waals surface area contributed by atoms with Gasteiger partial charge in [0.25, 0.3) is 0 Å². The average Bonchev–Trinajstić information content (AvgIpc) is 2.21. The monoisotopic (exact) mass is 212 g/mol. The summed E-state index contributed by atoms with van der Waals surface area (Å²) in [5, 5.41) is 0. The van der Waals surface area contributed by atoms with Crippen LogP contribution in [0.15, 0.2) is 24.3 Å². The van der Waals surface area contributed by atoms with E-state index >= 15 is 0 Å². The quantitative estimate of drug-likeness (QED) is 0.652. The van der Waals surface area contributed by atoms with Gasteiger partial charge in [-0.25, -0.2) is 4.39 Å². The molecule has 2 heteroatoms. The number of benzene rings is 1. The number of halogens is 2. The lowest BCUT2D eigenvalue weighted by Crippen LogP contribution is -2.10. The Labute approximate surface area is 89.9 Å². The highest BCUT2D eigenvalue weighted by atomic mass is 19.1. The number of hydrogen-bond acceptors (Lipinski definition) is 0. The first-order valence-electron chi connectivity index (χ1n) is 5.51. The van der Waals surface area contributed by atoms with E-state index in [4.69, 9.17) is 0 Å². The Hall–Kier alpha value is -0.920. The highest BCUT2D eigenvalue weighted by Crippen LogP contribution is 2.35. The van der Waals surface area contributed by atoms with Crippen LogP contribution in [-0.2, 0) is 0 Å². The number of hydrogen-bond donors (Lipinski definition) is 0. The van der Waals surface area contributed by atoms with Gasteiger partial charge in [0.05, 0.1) is 0 Å². The lowest BCUT2D eigenvalue weighted by atomic mass is 9.79. The van der Waals surface area contributed by atoms with Crippen LogP contribution in [0.5, 0.6) is 0 Å². The summed E-state index contributed by atoms with van der Waals surface area (Å²) in [6.45, 7) is 2.32. The molecule has 0 aromatic heterocycles. The summed E-state index contributed by atoms with van der Waals surface area (Å²) in [6, 6.07) is 7.03. The van der Waals surface area contributed by atoms with Gasteiger partial charge >= 0.3 is 0 Å². The molecule has 0 nitrogen and oxygen atoms in total. The van der Waals surface area contributed by atoms with Crippen LogP contribution in [0.4, 0.5) is 9.09 Å². The average molecular weight is 212 g/mol. The molecule has 15 heavy (non-hydrogen) atoms. The van der Waals surface area contributed by atoms with Gasteiger partial charge in [0.2, 0.25) is 0 Å². The maximum atomic E-state index is 12.7. The van der Waals surface area contributed by atoms with Crippen LogP contribution in [0, 0.1) is 11.7 Å². The molecule has 1 fully saturated rings. The van der Waals surface area contributed by atoms with Gasteiger partial charge in [0.1, 0.15) is 5.82 Å². The van der Waals surface area contributed by atoms with Gasteiger partial charge in [-0.3, -0.25) is 4.70 Å². The molecule has 0 amide bonds. The standard InChI is InChI=1S/C13H17F.FH/c1-10-2-4-11(5-3-10)12-6-8-13(14)9-7-12;/h6-11H,2-5H2,1H3;1H. The first kappa shape index (κ1) is 12.2. The third-order valence-electron chi connectivity index (χ3n) is 3.36. The maximum absolute atomic E-state index is 12.7. The number of rotatable bonds is 1. The topological polar surface area (TPSA) is 0 Å². The second kappa shape index (κ2) is 5.24. The van der Waals surface area contributed by atoms with Crippen molar-refractivity contribution < 1.29 is 9.09 Å². The predicted molar refractivity (Wildman–Crippen MR) is 59.3 cm³/mol. The molecule has 1 aliphatic rings. The molecule has 0 spiro atoms. The van der Waals surface area contributed by atoms with Crippen molar-refractivity contribution in [1.82, 2.24) is 0 Å². The van der Waals surface area contributed by atoms with Crippen LogP contribution in [0.1, 0.15) is 44.1 Å². The molecule has 84 valence electrons. The minimum Gasteiger partial charge on any atom is -0.269 e. The smallest absolute Gasteiger partial charge is 0.123 e.